The molecule has 14 rings (SSSR count). The highest BCUT2D eigenvalue weighted by molar-refractivity contribution is 6.25. The van der Waals surface area contributed by atoms with Crippen molar-refractivity contribution in [2.24, 2.45) is 0 Å². The van der Waals surface area contributed by atoms with E-state index in [0.717, 1.165) is 33.2 Å². The van der Waals surface area contributed by atoms with Crippen molar-refractivity contribution in [3.8, 4) is 50.2 Å². The van der Waals surface area contributed by atoms with Crippen molar-refractivity contribution in [1.82, 2.24) is 4.57 Å². The molecule has 2 nitrogen and oxygen atoms in total. The predicted molar refractivity (Wildman–Crippen MR) is 280 cm³/mol. The summed E-state index contributed by atoms with van der Waals surface area (Å²) >= 11 is 0. The van der Waals surface area contributed by atoms with Crippen LogP contribution >= 0.6 is 0 Å². The SMILES string of the molecule is c1ccc(-c2c3ccccc3c(-c3ccc4oc5c(-c6c7ccccc7c(-c7ccc(-n8c9ccccc9c9ccccc98)cc7)c7ccccc67)cccc5c4c3)c3ccccc23)cc1. The molecule has 0 saturated heterocycles. The predicted octanol–water partition coefficient (Wildman–Crippen LogP) is 18.0. The van der Waals surface area contributed by atoms with E-state index >= 15 is 0 Å². The smallest absolute Gasteiger partial charge is 0.143 e. The lowest BCUT2D eigenvalue weighted by molar-refractivity contribution is 0.670. The minimum absolute atomic E-state index is 0.879. The van der Waals surface area contributed by atoms with Crippen molar-refractivity contribution >= 4 is 86.8 Å². The Morgan fingerprint density at radius 3 is 1.17 bits per heavy atom. The first-order valence-corrected chi connectivity index (χ1v) is 22.8. The van der Waals surface area contributed by atoms with Gasteiger partial charge in [0.1, 0.15) is 11.2 Å². The number of hydrogen-bond donors (Lipinski definition) is 0. The topological polar surface area (TPSA) is 18.1 Å². The van der Waals surface area contributed by atoms with Crippen LogP contribution in [0.3, 0.4) is 0 Å². The quantitative estimate of drug-likeness (QED) is 0.158. The van der Waals surface area contributed by atoms with Crippen molar-refractivity contribution in [2.75, 3.05) is 0 Å². The molecule has 0 saturated carbocycles. The summed E-state index contributed by atoms with van der Waals surface area (Å²) in [5.41, 5.74) is 14.9. The average Bonchev–Trinajstić information content (AvgIpc) is 3.93. The van der Waals surface area contributed by atoms with Crippen LogP contribution in [0.15, 0.2) is 241 Å². The number of para-hydroxylation sites is 3. The van der Waals surface area contributed by atoms with Gasteiger partial charge in [-0.2, -0.15) is 0 Å². The van der Waals surface area contributed by atoms with Crippen molar-refractivity contribution in [2.45, 2.75) is 0 Å². The fraction of sp³-hybridized carbons (Fsp3) is 0. The molecule has 0 bridgehead atoms. The van der Waals surface area contributed by atoms with Crippen LogP contribution in [0.25, 0.3) is 137 Å². The maximum Gasteiger partial charge on any atom is 0.143 e. The molecule has 12 aromatic carbocycles. The van der Waals surface area contributed by atoms with Crippen molar-refractivity contribution in [3.05, 3.63) is 237 Å². The van der Waals surface area contributed by atoms with Crippen LogP contribution in [0.2, 0.25) is 0 Å². The van der Waals surface area contributed by atoms with Crippen LogP contribution in [0.1, 0.15) is 0 Å². The van der Waals surface area contributed by atoms with E-state index in [1.54, 1.807) is 0 Å². The molecular formula is C64H39NO. The van der Waals surface area contributed by atoms with Crippen molar-refractivity contribution in [3.63, 3.8) is 0 Å². The van der Waals surface area contributed by atoms with Crippen molar-refractivity contribution < 1.29 is 4.42 Å². The van der Waals surface area contributed by atoms with Crippen LogP contribution in [0, 0.1) is 0 Å². The molecule has 0 unspecified atom stereocenters. The standard InChI is InChI=1S/C64H39NO/c1-2-17-40(18-3-1)60-46-21-4-6-23-48(46)62(49-24-7-5-22-47(49)60)42-35-38-59-56(39-42)54-29-16-30-55(64(54)66-59)63-52-27-10-8-25-50(52)61(51-26-9-11-28-53(51)63)41-33-36-43(37-34-41)65-57-31-14-12-19-44(57)45-20-13-15-32-58(45)65/h1-39H. The number of rotatable bonds is 5. The zero-order valence-electron chi connectivity index (χ0n) is 35.9. The van der Waals surface area contributed by atoms with Gasteiger partial charge in [-0.3, -0.25) is 0 Å². The molecule has 0 aliphatic heterocycles. The zero-order valence-corrected chi connectivity index (χ0v) is 35.9. The van der Waals surface area contributed by atoms with Crippen LogP contribution in [-0.2, 0) is 0 Å². The van der Waals surface area contributed by atoms with E-state index in [-0.39, 0.29) is 0 Å². The van der Waals surface area contributed by atoms with E-state index in [1.807, 2.05) is 0 Å². The second-order valence-corrected chi connectivity index (χ2v) is 17.5. The van der Waals surface area contributed by atoms with Gasteiger partial charge in [-0.1, -0.05) is 200 Å². The lowest BCUT2D eigenvalue weighted by atomic mass is 9.85. The van der Waals surface area contributed by atoms with Gasteiger partial charge in [0.2, 0.25) is 0 Å². The normalized spacial score (nSPS) is 11.9. The molecule has 0 atom stereocenters. The Labute approximate surface area is 380 Å². The molecule has 66 heavy (non-hydrogen) atoms. The molecule has 306 valence electrons. The van der Waals surface area contributed by atoms with E-state index in [2.05, 4.69) is 241 Å². The largest absolute Gasteiger partial charge is 0.455 e. The molecular weight excluding hydrogens is 799 g/mol. The Morgan fingerprint density at radius 1 is 0.258 bits per heavy atom. The van der Waals surface area contributed by atoms with Gasteiger partial charge in [0.05, 0.1) is 11.0 Å². The summed E-state index contributed by atoms with van der Waals surface area (Å²) in [7, 11) is 0. The average molecular weight is 838 g/mol. The van der Waals surface area contributed by atoms with Gasteiger partial charge in [0.15, 0.2) is 0 Å². The highest BCUT2D eigenvalue weighted by Crippen LogP contribution is 2.49. The number of aromatic nitrogens is 1. The number of benzene rings is 12. The lowest BCUT2D eigenvalue weighted by Gasteiger charge is -2.18. The van der Waals surface area contributed by atoms with E-state index < -0.39 is 0 Å². The first-order valence-electron chi connectivity index (χ1n) is 22.8. The Kier molecular flexibility index (Phi) is 8.02. The maximum absolute atomic E-state index is 7.00. The fourth-order valence-corrected chi connectivity index (χ4v) is 11.2. The monoisotopic (exact) mass is 837 g/mol. The number of fused-ring (bicyclic) bond motifs is 10. The van der Waals surface area contributed by atoms with Gasteiger partial charge in [0.25, 0.3) is 0 Å². The zero-order chi connectivity index (χ0) is 43.3. The van der Waals surface area contributed by atoms with Crippen LogP contribution < -0.4 is 0 Å². The number of furan rings is 1. The third-order valence-corrected chi connectivity index (χ3v) is 14.0. The number of hydrogen-bond acceptors (Lipinski definition) is 1. The maximum atomic E-state index is 7.00. The summed E-state index contributed by atoms with van der Waals surface area (Å²) in [6.45, 7) is 0. The van der Waals surface area contributed by atoms with E-state index in [1.165, 1.54) is 104 Å². The second kappa shape index (κ2) is 14.4. The minimum Gasteiger partial charge on any atom is -0.455 e. The summed E-state index contributed by atoms with van der Waals surface area (Å²) in [6.07, 6.45) is 0. The molecule has 14 aromatic rings. The van der Waals surface area contributed by atoms with Gasteiger partial charge in [0, 0.05) is 38.4 Å². The first kappa shape index (κ1) is 36.7. The second-order valence-electron chi connectivity index (χ2n) is 17.5. The summed E-state index contributed by atoms with van der Waals surface area (Å²) in [6, 6.07) is 86.3. The summed E-state index contributed by atoms with van der Waals surface area (Å²) in [5.74, 6) is 0. The van der Waals surface area contributed by atoms with Crippen LogP contribution in [0.4, 0.5) is 0 Å². The molecule has 0 spiro atoms. The van der Waals surface area contributed by atoms with Crippen LogP contribution in [-0.4, -0.2) is 4.57 Å². The minimum atomic E-state index is 0.879. The molecule has 0 fully saturated rings. The van der Waals surface area contributed by atoms with Gasteiger partial charge >= 0.3 is 0 Å². The van der Waals surface area contributed by atoms with Gasteiger partial charge < -0.3 is 8.98 Å². The summed E-state index contributed by atoms with van der Waals surface area (Å²) in [4.78, 5) is 0. The first-order chi connectivity index (χ1) is 32.8. The lowest BCUT2D eigenvalue weighted by Crippen LogP contribution is -1.94. The van der Waals surface area contributed by atoms with Crippen LogP contribution in [0.5, 0.6) is 0 Å². The van der Waals surface area contributed by atoms with Gasteiger partial charge in [-0.05, 0) is 113 Å². The molecule has 0 amide bonds. The fourth-order valence-electron chi connectivity index (χ4n) is 11.2. The highest BCUT2D eigenvalue weighted by Gasteiger charge is 2.22. The third kappa shape index (κ3) is 5.36. The Morgan fingerprint density at radius 2 is 0.652 bits per heavy atom. The van der Waals surface area contributed by atoms with Crippen molar-refractivity contribution in [1.29, 1.82) is 0 Å². The van der Waals surface area contributed by atoms with Gasteiger partial charge in [-0.25, -0.2) is 0 Å². The summed E-state index contributed by atoms with van der Waals surface area (Å²) in [5, 5.41) is 14.5. The molecule has 2 heterocycles. The molecule has 0 aliphatic carbocycles. The number of nitrogens with zero attached hydrogens (tertiary/aromatic N) is 1. The Bertz CT molecular complexity index is 4100. The molecule has 2 heteroatoms. The van der Waals surface area contributed by atoms with Gasteiger partial charge in [-0.15, -0.1) is 0 Å². The molecule has 0 N–H and O–H groups in total. The van der Waals surface area contributed by atoms with E-state index in [9.17, 15) is 0 Å². The third-order valence-electron chi connectivity index (χ3n) is 14.0. The molecule has 0 radical (unpaired) electrons. The molecule has 2 aromatic heterocycles. The molecule has 0 aliphatic rings. The Balaban J connectivity index is 0.951. The van der Waals surface area contributed by atoms with E-state index in [4.69, 9.17) is 4.42 Å². The Hall–Kier alpha value is -8.72. The highest BCUT2D eigenvalue weighted by atomic mass is 16.3. The van der Waals surface area contributed by atoms with E-state index in [0.29, 0.717) is 0 Å². The summed E-state index contributed by atoms with van der Waals surface area (Å²) < 4.78 is 9.39.